The zero-order chi connectivity index (χ0) is 21.4. The molecule has 0 heterocycles. The second kappa shape index (κ2) is 8.25. The molecule has 2 aromatic carbocycles. The maximum Gasteiger partial charge on any atom is 0.198 e. The second-order valence-corrected chi connectivity index (χ2v) is 8.95. The van der Waals surface area contributed by atoms with E-state index in [9.17, 15) is 19.8 Å². The van der Waals surface area contributed by atoms with Crippen molar-refractivity contribution in [2.24, 2.45) is 5.92 Å². The summed E-state index contributed by atoms with van der Waals surface area (Å²) in [7, 11) is 0. The van der Waals surface area contributed by atoms with Crippen molar-refractivity contribution in [2.75, 3.05) is 0 Å². The van der Waals surface area contributed by atoms with Crippen molar-refractivity contribution < 1.29 is 19.8 Å². The van der Waals surface area contributed by atoms with Gasteiger partial charge in [-0.25, -0.2) is 0 Å². The zero-order valence-electron chi connectivity index (χ0n) is 17.8. The Hall–Kier alpha value is -2.62. The second-order valence-electron chi connectivity index (χ2n) is 8.95. The fraction of sp³-hybridized carbons (Fsp3) is 0.462. The Morgan fingerprint density at radius 2 is 1.43 bits per heavy atom. The first kappa shape index (κ1) is 20.6. The molecule has 0 amide bonds. The van der Waals surface area contributed by atoms with Gasteiger partial charge in [-0.05, 0) is 67.7 Å². The van der Waals surface area contributed by atoms with Crippen LogP contribution in [0.25, 0.3) is 0 Å². The molecule has 158 valence electrons. The van der Waals surface area contributed by atoms with Gasteiger partial charge in [0.15, 0.2) is 11.6 Å². The van der Waals surface area contributed by atoms with E-state index in [0.717, 1.165) is 37.2 Å². The molecule has 2 N–H and O–H groups in total. The molecule has 2 aliphatic carbocycles. The molecule has 0 aromatic heterocycles. The monoisotopic (exact) mass is 406 g/mol. The fourth-order valence-corrected chi connectivity index (χ4v) is 5.18. The van der Waals surface area contributed by atoms with Crippen molar-refractivity contribution in [3.8, 4) is 11.5 Å². The van der Waals surface area contributed by atoms with Crippen LogP contribution < -0.4 is 0 Å². The highest BCUT2D eigenvalue weighted by molar-refractivity contribution is 6.30. The zero-order valence-corrected chi connectivity index (χ0v) is 17.8. The average molecular weight is 407 g/mol. The van der Waals surface area contributed by atoms with Gasteiger partial charge in [0.2, 0.25) is 0 Å². The molecule has 2 aliphatic rings. The van der Waals surface area contributed by atoms with Gasteiger partial charge in [0, 0.05) is 11.1 Å². The Labute approximate surface area is 177 Å². The molecule has 0 saturated heterocycles. The first-order valence-electron chi connectivity index (χ1n) is 11.2. The van der Waals surface area contributed by atoms with Crippen molar-refractivity contribution in [1.82, 2.24) is 0 Å². The molecule has 0 atom stereocenters. The van der Waals surface area contributed by atoms with Crippen LogP contribution in [0.5, 0.6) is 11.5 Å². The summed E-state index contributed by atoms with van der Waals surface area (Å²) < 4.78 is 0. The van der Waals surface area contributed by atoms with Gasteiger partial charge in [-0.3, -0.25) is 9.59 Å². The van der Waals surface area contributed by atoms with Crippen molar-refractivity contribution >= 4 is 11.6 Å². The lowest BCUT2D eigenvalue weighted by atomic mass is 9.74. The number of phenolic OH excluding ortho intramolecular Hbond substituents is 2. The minimum absolute atomic E-state index is 0.0484. The lowest BCUT2D eigenvalue weighted by molar-refractivity contribution is 0.0974. The van der Waals surface area contributed by atoms with Gasteiger partial charge in [-0.15, -0.1) is 0 Å². The van der Waals surface area contributed by atoms with E-state index >= 15 is 0 Å². The van der Waals surface area contributed by atoms with E-state index in [2.05, 4.69) is 6.92 Å². The van der Waals surface area contributed by atoms with Crippen LogP contribution in [-0.4, -0.2) is 21.8 Å². The maximum atomic E-state index is 13.1. The fourth-order valence-electron chi connectivity index (χ4n) is 5.18. The molecule has 1 fully saturated rings. The van der Waals surface area contributed by atoms with Crippen molar-refractivity contribution in [2.45, 2.75) is 71.1 Å². The van der Waals surface area contributed by atoms with Gasteiger partial charge in [-0.2, -0.15) is 0 Å². The number of carbonyl (C=O) groups is 2. The van der Waals surface area contributed by atoms with Crippen LogP contribution in [0, 0.1) is 12.8 Å². The molecule has 4 heteroatoms. The third-order valence-electron chi connectivity index (χ3n) is 7.03. The van der Waals surface area contributed by atoms with Crippen LogP contribution in [0.1, 0.15) is 107 Å². The highest BCUT2D eigenvalue weighted by Gasteiger charge is 2.36. The predicted octanol–water partition coefficient (Wildman–Crippen LogP) is 6.04. The molecule has 0 radical (unpaired) electrons. The van der Waals surface area contributed by atoms with Crippen LogP contribution in [0.15, 0.2) is 24.3 Å². The summed E-state index contributed by atoms with van der Waals surface area (Å²) in [4.78, 5) is 26.2. The Kier molecular flexibility index (Phi) is 5.68. The first-order chi connectivity index (χ1) is 14.4. The molecule has 1 saturated carbocycles. The van der Waals surface area contributed by atoms with Gasteiger partial charge >= 0.3 is 0 Å². The van der Waals surface area contributed by atoms with Crippen LogP contribution in [0.2, 0.25) is 0 Å². The number of hydrogen-bond donors (Lipinski definition) is 2. The van der Waals surface area contributed by atoms with Crippen molar-refractivity contribution in [3.63, 3.8) is 0 Å². The number of ketones is 2. The number of unbranched alkanes of at least 4 members (excludes halogenated alkanes) is 2. The van der Waals surface area contributed by atoms with E-state index in [4.69, 9.17) is 0 Å². The molecule has 30 heavy (non-hydrogen) atoms. The Morgan fingerprint density at radius 1 is 0.833 bits per heavy atom. The van der Waals surface area contributed by atoms with Gasteiger partial charge in [-0.1, -0.05) is 44.7 Å². The number of phenols is 2. The molecule has 0 aliphatic heterocycles. The number of carbonyl (C=O) groups excluding carboxylic acids is 2. The van der Waals surface area contributed by atoms with Crippen molar-refractivity contribution in [3.05, 3.63) is 57.6 Å². The van der Waals surface area contributed by atoms with Crippen LogP contribution in [-0.2, 0) is 0 Å². The number of rotatable bonds is 5. The summed E-state index contributed by atoms with van der Waals surface area (Å²) in [5, 5.41) is 21.4. The van der Waals surface area contributed by atoms with E-state index in [1.807, 2.05) is 0 Å². The van der Waals surface area contributed by atoms with Crippen LogP contribution in [0.3, 0.4) is 0 Å². The average Bonchev–Trinajstić information content (AvgIpc) is 2.74. The molecule has 0 spiro atoms. The molecule has 0 unspecified atom stereocenters. The summed E-state index contributed by atoms with van der Waals surface area (Å²) in [5.74, 6) is -0.0143. The Balaban J connectivity index is 1.61. The largest absolute Gasteiger partial charge is 0.507 e. The molecule has 4 nitrogen and oxygen atoms in total. The van der Waals surface area contributed by atoms with Gasteiger partial charge < -0.3 is 10.2 Å². The first-order valence-corrected chi connectivity index (χ1v) is 11.2. The number of hydrogen-bond acceptors (Lipinski definition) is 4. The summed E-state index contributed by atoms with van der Waals surface area (Å²) in [6.45, 7) is 3.92. The maximum absolute atomic E-state index is 13.1. The topological polar surface area (TPSA) is 74.6 Å². The predicted molar refractivity (Wildman–Crippen MR) is 117 cm³/mol. The number of aryl methyl sites for hydroxylation is 1. The Bertz CT molecular complexity index is 997. The SMILES string of the molecule is CCCCCC1CCC(c2ccc3c(c2O)C(=O)c2ccc(C)c(O)c2C3=O)CC1. The molecule has 2 aromatic rings. The Morgan fingerprint density at radius 3 is 2.07 bits per heavy atom. The standard InChI is InChI=1S/C26H30O4/c1-3-4-5-6-16-8-10-17(11-9-16)18-13-14-20-22(24(18)28)26(30)19-12-7-15(2)23(27)21(19)25(20)29/h7,12-14,16-17,27-28H,3-6,8-11H2,1-2H3. The van der Waals surface area contributed by atoms with Gasteiger partial charge in [0.25, 0.3) is 0 Å². The van der Waals surface area contributed by atoms with Crippen molar-refractivity contribution in [1.29, 1.82) is 0 Å². The lowest BCUT2D eigenvalue weighted by Crippen LogP contribution is -2.22. The number of aromatic hydroxyl groups is 2. The third-order valence-corrected chi connectivity index (χ3v) is 7.03. The molecular weight excluding hydrogens is 376 g/mol. The quantitative estimate of drug-likeness (QED) is 0.507. The normalized spacial score (nSPS) is 20.7. The summed E-state index contributed by atoms with van der Waals surface area (Å²) in [6.07, 6.45) is 9.40. The lowest BCUT2D eigenvalue weighted by Gasteiger charge is -2.30. The van der Waals surface area contributed by atoms with E-state index in [1.54, 1.807) is 31.2 Å². The molecular formula is C26H30O4. The van der Waals surface area contributed by atoms with Crippen LogP contribution in [0.4, 0.5) is 0 Å². The highest BCUT2D eigenvalue weighted by atomic mass is 16.3. The van der Waals surface area contributed by atoms with Crippen LogP contribution >= 0.6 is 0 Å². The van der Waals surface area contributed by atoms with E-state index in [1.165, 1.54) is 25.7 Å². The third kappa shape index (κ3) is 3.42. The van der Waals surface area contributed by atoms with Gasteiger partial charge in [0.1, 0.15) is 11.5 Å². The summed E-state index contributed by atoms with van der Waals surface area (Å²) >= 11 is 0. The summed E-state index contributed by atoms with van der Waals surface area (Å²) in [6, 6.07) is 6.66. The highest BCUT2D eigenvalue weighted by Crippen LogP contribution is 2.45. The van der Waals surface area contributed by atoms with E-state index in [-0.39, 0.29) is 45.5 Å². The summed E-state index contributed by atoms with van der Waals surface area (Å²) in [5.41, 5.74) is 1.83. The minimum atomic E-state index is -0.401. The van der Waals surface area contributed by atoms with E-state index in [0.29, 0.717) is 5.56 Å². The van der Waals surface area contributed by atoms with Gasteiger partial charge in [0.05, 0.1) is 11.1 Å². The number of benzene rings is 2. The smallest absolute Gasteiger partial charge is 0.198 e. The number of fused-ring (bicyclic) bond motifs is 2. The molecule has 0 bridgehead atoms. The van der Waals surface area contributed by atoms with E-state index < -0.39 is 5.78 Å². The minimum Gasteiger partial charge on any atom is -0.507 e. The molecule has 4 rings (SSSR count).